The van der Waals surface area contributed by atoms with Crippen molar-refractivity contribution in [1.82, 2.24) is 9.21 Å². The molecule has 28 heavy (non-hydrogen) atoms. The first-order chi connectivity index (χ1) is 13.2. The third-order valence-corrected chi connectivity index (χ3v) is 7.11. The number of nitro benzene ring substituents is 1. The van der Waals surface area contributed by atoms with E-state index < -0.39 is 14.9 Å². The number of amides is 1. The summed E-state index contributed by atoms with van der Waals surface area (Å²) in [4.78, 5) is 24.4. The maximum absolute atomic E-state index is 12.7. The zero-order chi connectivity index (χ0) is 20.5. The third kappa shape index (κ3) is 4.19. The maximum atomic E-state index is 12.7. The standard InChI is InChI=1S/C17H15BrClN3O5S/c18-12-1-6-16(19)15(11-12)17(23)20-7-9-21(10-8-20)28(26,27)14-4-2-13(3-5-14)22(24)25/h1-6,11H,7-10H2. The van der Waals surface area contributed by atoms with Gasteiger partial charge in [0.15, 0.2) is 0 Å². The molecule has 0 spiro atoms. The zero-order valence-electron chi connectivity index (χ0n) is 14.4. The molecule has 148 valence electrons. The molecule has 0 saturated carbocycles. The van der Waals surface area contributed by atoms with Crippen molar-refractivity contribution in [2.24, 2.45) is 0 Å². The van der Waals surface area contributed by atoms with Crippen LogP contribution in [0.1, 0.15) is 10.4 Å². The summed E-state index contributed by atoms with van der Waals surface area (Å²) in [6.07, 6.45) is 0. The number of benzene rings is 2. The van der Waals surface area contributed by atoms with Gasteiger partial charge in [0.05, 0.1) is 20.4 Å². The highest BCUT2D eigenvalue weighted by molar-refractivity contribution is 9.10. The van der Waals surface area contributed by atoms with Crippen LogP contribution in [0.3, 0.4) is 0 Å². The van der Waals surface area contributed by atoms with Gasteiger partial charge in [0.2, 0.25) is 10.0 Å². The van der Waals surface area contributed by atoms with Gasteiger partial charge < -0.3 is 4.90 Å². The van der Waals surface area contributed by atoms with Gasteiger partial charge in [0.1, 0.15) is 0 Å². The summed E-state index contributed by atoms with van der Waals surface area (Å²) >= 11 is 9.41. The van der Waals surface area contributed by atoms with Crippen LogP contribution in [0, 0.1) is 10.1 Å². The van der Waals surface area contributed by atoms with E-state index in [2.05, 4.69) is 15.9 Å². The van der Waals surface area contributed by atoms with E-state index in [0.717, 1.165) is 16.6 Å². The van der Waals surface area contributed by atoms with E-state index >= 15 is 0 Å². The van der Waals surface area contributed by atoms with Crippen molar-refractivity contribution >= 4 is 49.1 Å². The van der Waals surface area contributed by atoms with Crippen molar-refractivity contribution in [3.8, 4) is 0 Å². The topological polar surface area (TPSA) is 101 Å². The van der Waals surface area contributed by atoms with E-state index in [1.807, 2.05) is 0 Å². The summed E-state index contributed by atoms with van der Waals surface area (Å²) in [6.45, 7) is 0.676. The number of hydrogen-bond acceptors (Lipinski definition) is 5. The second kappa shape index (κ2) is 8.16. The van der Waals surface area contributed by atoms with E-state index in [4.69, 9.17) is 11.6 Å². The molecule has 0 aliphatic carbocycles. The van der Waals surface area contributed by atoms with Crippen LogP contribution in [0.4, 0.5) is 5.69 Å². The fraction of sp³-hybridized carbons (Fsp3) is 0.235. The van der Waals surface area contributed by atoms with Gasteiger partial charge in [-0.15, -0.1) is 0 Å². The molecule has 1 fully saturated rings. The SMILES string of the molecule is O=C(c1cc(Br)ccc1Cl)N1CCN(S(=O)(=O)c2ccc([N+](=O)[O-])cc2)CC1. The highest BCUT2D eigenvalue weighted by atomic mass is 79.9. The Hall–Kier alpha value is -2.01. The Kier molecular flexibility index (Phi) is 6.04. The number of nitrogens with zero attached hydrogens (tertiary/aromatic N) is 3. The first-order valence-corrected chi connectivity index (χ1v) is 10.8. The van der Waals surface area contributed by atoms with Gasteiger partial charge in [-0.25, -0.2) is 8.42 Å². The van der Waals surface area contributed by atoms with E-state index in [9.17, 15) is 23.3 Å². The molecule has 1 aliphatic heterocycles. The van der Waals surface area contributed by atoms with Crippen LogP contribution in [0.15, 0.2) is 51.8 Å². The lowest BCUT2D eigenvalue weighted by Gasteiger charge is -2.34. The minimum atomic E-state index is -3.79. The van der Waals surface area contributed by atoms with Crippen LogP contribution in [0.2, 0.25) is 5.02 Å². The van der Waals surface area contributed by atoms with Crippen molar-refractivity contribution < 1.29 is 18.1 Å². The Morgan fingerprint density at radius 3 is 2.25 bits per heavy atom. The number of piperazine rings is 1. The van der Waals surface area contributed by atoms with Crippen LogP contribution < -0.4 is 0 Å². The smallest absolute Gasteiger partial charge is 0.269 e. The molecule has 8 nitrogen and oxygen atoms in total. The molecule has 1 heterocycles. The summed E-state index contributed by atoms with van der Waals surface area (Å²) in [5.74, 6) is -0.265. The van der Waals surface area contributed by atoms with Crippen molar-refractivity contribution in [3.05, 3.63) is 67.6 Å². The minimum absolute atomic E-state index is 0.0205. The number of hydrogen-bond donors (Lipinski definition) is 0. The fourth-order valence-corrected chi connectivity index (χ4v) is 4.83. The average Bonchev–Trinajstić information content (AvgIpc) is 2.69. The van der Waals surface area contributed by atoms with Crippen molar-refractivity contribution in [3.63, 3.8) is 0 Å². The quantitative estimate of drug-likeness (QED) is 0.486. The number of carbonyl (C=O) groups excluding carboxylic acids is 1. The molecule has 0 N–H and O–H groups in total. The molecule has 0 aromatic heterocycles. The Labute approximate surface area is 175 Å². The molecule has 1 amide bonds. The predicted octanol–water partition coefficient (Wildman–Crippen LogP) is 3.16. The summed E-state index contributed by atoms with van der Waals surface area (Å²) in [7, 11) is -3.79. The molecular formula is C17H15BrClN3O5S. The van der Waals surface area contributed by atoms with Gasteiger partial charge in [-0.05, 0) is 30.3 Å². The highest BCUT2D eigenvalue weighted by Gasteiger charge is 2.31. The molecule has 0 bridgehead atoms. The predicted molar refractivity (Wildman–Crippen MR) is 107 cm³/mol. The Balaban J connectivity index is 1.71. The normalized spacial score (nSPS) is 15.4. The average molecular weight is 489 g/mol. The van der Waals surface area contributed by atoms with Crippen LogP contribution in [-0.2, 0) is 10.0 Å². The van der Waals surface area contributed by atoms with Gasteiger partial charge in [-0.1, -0.05) is 27.5 Å². The number of carbonyl (C=O) groups is 1. The third-order valence-electron chi connectivity index (χ3n) is 4.37. The Morgan fingerprint density at radius 1 is 1.07 bits per heavy atom. The van der Waals surface area contributed by atoms with Crippen molar-refractivity contribution in [2.45, 2.75) is 4.90 Å². The number of nitro groups is 1. The summed E-state index contributed by atoms with van der Waals surface area (Å²) < 4.78 is 27.5. The van der Waals surface area contributed by atoms with Gasteiger partial charge in [-0.3, -0.25) is 14.9 Å². The Bertz CT molecular complexity index is 1020. The largest absolute Gasteiger partial charge is 0.336 e. The maximum Gasteiger partial charge on any atom is 0.269 e. The van der Waals surface area contributed by atoms with Gasteiger partial charge in [0.25, 0.3) is 11.6 Å². The zero-order valence-corrected chi connectivity index (χ0v) is 17.6. The molecular weight excluding hydrogens is 474 g/mol. The minimum Gasteiger partial charge on any atom is -0.336 e. The molecule has 2 aromatic carbocycles. The van der Waals surface area contributed by atoms with Crippen LogP contribution in [0.5, 0.6) is 0 Å². The van der Waals surface area contributed by atoms with Crippen molar-refractivity contribution in [1.29, 1.82) is 0 Å². The molecule has 2 aromatic rings. The van der Waals surface area contributed by atoms with Crippen LogP contribution in [-0.4, -0.2) is 54.6 Å². The van der Waals surface area contributed by atoms with E-state index in [1.165, 1.54) is 16.4 Å². The Morgan fingerprint density at radius 2 is 1.68 bits per heavy atom. The summed E-state index contributed by atoms with van der Waals surface area (Å²) in [5.41, 5.74) is 0.169. The molecule has 1 aliphatic rings. The second-order valence-electron chi connectivity index (χ2n) is 6.07. The lowest BCUT2D eigenvalue weighted by Crippen LogP contribution is -2.50. The van der Waals surface area contributed by atoms with E-state index in [1.54, 1.807) is 23.1 Å². The molecule has 3 rings (SSSR count). The highest BCUT2D eigenvalue weighted by Crippen LogP contribution is 2.24. The molecule has 11 heteroatoms. The lowest BCUT2D eigenvalue weighted by atomic mass is 10.2. The number of sulfonamides is 1. The van der Waals surface area contributed by atoms with Crippen molar-refractivity contribution in [2.75, 3.05) is 26.2 Å². The summed E-state index contributed by atoms with van der Waals surface area (Å²) in [6, 6.07) is 9.72. The number of halogens is 2. The lowest BCUT2D eigenvalue weighted by molar-refractivity contribution is -0.384. The number of rotatable bonds is 4. The van der Waals surface area contributed by atoms with Crippen LogP contribution in [0.25, 0.3) is 0 Å². The first kappa shape index (κ1) is 20.7. The van der Waals surface area contributed by atoms with Gasteiger partial charge in [0, 0.05) is 42.8 Å². The second-order valence-corrected chi connectivity index (χ2v) is 9.33. The number of non-ortho nitro benzene ring substituents is 1. The summed E-state index contributed by atoms with van der Waals surface area (Å²) in [5, 5.41) is 11.0. The molecule has 0 unspecified atom stereocenters. The molecule has 1 saturated heterocycles. The van der Waals surface area contributed by atoms with E-state index in [-0.39, 0.29) is 42.7 Å². The van der Waals surface area contributed by atoms with Gasteiger partial charge >= 0.3 is 0 Å². The van der Waals surface area contributed by atoms with E-state index in [0.29, 0.717) is 10.6 Å². The molecule has 0 atom stereocenters. The fourth-order valence-electron chi connectivity index (χ4n) is 2.85. The van der Waals surface area contributed by atoms with Gasteiger partial charge in [-0.2, -0.15) is 4.31 Å². The monoisotopic (exact) mass is 487 g/mol. The van der Waals surface area contributed by atoms with Crippen LogP contribution >= 0.6 is 27.5 Å². The first-order valence-electron chi connectivity index (χ1n) is 8.19. The molecule has 0 radical (unpaired) electrons.